The molecular formula is C20H17NO6. The van der Waals surface area contributed by atoms with Gasteiger partial charge in [0.15, 0.2) is 23.9 Å². The van der Waals surface area contributed by atoms with Gasteiger partial charge in [0, 0.05) is 5.56 Å². The number of ether oxygens (including phenoxy) is 4. The minimum Gasteiger partial charge on any atom is -0.493 e. The Morgan fingerprint density at radius 1 is 1.11 bits per heavy atom. The first-order chi connectivity index (χ1) is 13.1. The van der Waals surface area contributed by atoms with Gasteiger partial charge in [0.05, 0.1) is 12.8 Å². The normalized spacial score (nSPS) is 14.9. The van der Waals surface area contributed by atoms with Crippen LogP contribution >= 0.6 is 0 Å². The van der Waals surface area contributed by atoms with Crippen LogP contribution in [0.15, 0.2) is 36.4 Å². The molecule has 2 aromatic rings. The Hall–Kier alpha value is -3.48. The van der Waals surface area contributed by atoms with Gasteiger partial charge in [-0.1, -0.05) is 6.08 Å². The monoisotopic (exact) mass is 367 g/mol. The summed E-state index contributed by atoms with van der Waals surface area (Å²) >= 11 is 0. The fourth-order valence-corrected chi connectivity index (χ4v) is 2.89. The molecule has 2 aliphatic heterocycles. The van der Waals surface area contributed by atoms with Crippen LogP contribution < -0.4 is 24.3 Å². The van der Waals surface area contributed by atoms with E-state index in [1.807, 2.05) is 0 Å². The molecule has 0 radical (unpaired) electrons. The molecule has 7 heteroatoms. The predicted molar refractivity (Wildman–Crippen MR) is 97.9 cm³/mol. The van der Waals surface area contributed by atoms with E-state index in [0.717, 1.165) is 5.56 Å². The van der Waals surface area contributed by atoms with Crippen LogP contribution in [0.4, 0.5) is 5.69 Å². The number of ketones is 1. The van der Waals surface area contributed by atoms with Gasteiger partial charge in [0.25, 0.3) is 5.91 Å². The molecule has 0 atom stereocenters. The highest BCUT2D eigenvalue weighted by atomic mass is 16.6. The molecule has 2 aromatic carbocycles. The molecule has 138 valence electrons. The third kappa shape index (κ3) is 3.44. The summed E-state index contributed by atoms with van der Waals surface area (Å²) in [6, 6.07) is 8.50. The first-order valence-electron chi connectivity index (χ1n) is 8.41. The van der Waals surface area contributed by atoms with Crippen LogP contribution in [-0.4, -0.2) is 38.6 Å². The number of anilines is 1. The molecule has 0 spiro atoms. The number of benzene rings is 2. The van der Waals surface area contributed by atoms with Crippen molar-refractivity contribution in [1.29, 1.82) is 0 Å². The molecule has 7 nitrogen and oxygen atoms in total. The number of rotatable bonds is 4. The molecule has 2 aliphatic rings. The van der Waals surface area contributed by atoms with E-state index in [1.54, 1.807) is 43.5 Å². The van der Waals surface area contributed by atoms with E-state index in [2.05, 4.69) is 5.32 Å². The summed E-state index contributed by atoms with van der Waals surface area (Å²) in [6.07, 6.45) is 3.13. The Kier molecular flexibility index (Phi) is 4.42. The third-order valence-electron chi connectivity index (χ3n) is 4.17. The van der Waals surface area contributed by atoms with Gasteiger partial charge < -0.3 is 24.3 Å². The molecule has 1 N–H and O–H groups in total. The Morgan fingerprint density at radius 3 is 2.81 bits per heavy atom. The van der Waals surface area contributed by atoms with Gasteiger partial charge >= 0.3 is 0 Å². The fourth-order valence-electron chi connectivity index (χ4n) is 2.89. The van der Waals surface area contributed by atoms with Crippen LogP contribution in [0.5, 0.6) is 23.0 Å². The molecule has 0 unspecified atom stereocenters. The highest BCUT2D eigenvalue weighted by Gasteiger charge is 2.19. The second-order valence-corrected chi connectivity index (χ2v) is 5.99. The van der Waals surface area contributed by atoms with E-state index < -0.39 is 0 Å². The van der Waals surface area contributed by atoms with Crippen LogP contribution in [0, 0.1) is 0 Å². The average molecular weight is 367 g/mol. The molecular weight excluding hydrogens is 350 g/mol. The third-order valence-corrected chi connectivity index (χ3v) is 4.17. The van der Waals surface area contributed by atoms with Crippen molar-refractivity contribution in [3.05, 3.63) is 47.5 Å². The van der Waals surface area contributed by atoms with Gasteiger partial charge in [-0.3, -0.25) is 9.59 Å². The van der Waals surface area contributed by atoms with E-state index in [1.165, 1.54) is 6.08 Å². The standard InChI is InChI=1S/C20H17NO6/c1-24-17-8-12(9-18-20(17)26-7-6-25-18)2-4-15(22)13-3-5-16-14(10-13)21-19(23)11-27-16/h2-5,8-10H,6-7,11H2,1H3,(H,21,23)/b4-2+. The highest BCUT2D eigenvalue weighted by molar-refractivity contribution is 6.08. The second-order valence-electron chi connectivity index (χ2n) is 5.99. The summed E-state index contributed by atoms with van der Waals surface area (Å²) < 4.78 is 21.8. The Balaban J connectivity index is 1.57. The molecule has 1 amide bonds. The number of allylic oxidation sites excluding steroid dienone is 1. The molecule has 0 saturated heterocycles. The van der Waals surface area contributed by atoms with E-state index in [4.69, 9.17) is 18.9 Å². The van der Waals surface area contributed by atoms with Gasteiger partial charge in [-0.2, -0.15) is 0 Å². The summed E-state index contributed by atoms with van der Waals surface area (Å²) in [5.74, 6) is 1.80. The van der Waals surface area contributed by atoms with Crippen molar-refractivity contribution in [3.63, 3.8) is 0 Å². The summed E-state index contributed by atoms with van der Waals surface area (Å²) in [5.41, 5.74) is 1.69. The topological polar surface area (TPSA) is 83.1 Å². The zero-order valence-corrected chi connectivity index (χ0v) is 14.6. The quantitative estimate of drug-likeness (QED) is 0.661. The first-order valence-corrected chi connectivity index (χ1v) is 8.41. The van der Waals surface area contributed by atoms with Gasteiger partial charge in [-0.15, -0.1) is 0 Å². The van der Waals surface area contributed by atoms with E-state index in [9.17, 15) is 9.59 Å². The largest absolute Gasteiger partial charge is 0.493 e. The van der Waals surface area contributed by atoms with Gasteiger partial charge in [-0.25, -0.2) is 0 Å². The molecule has 27 heavy (non-hydrogen) atoms. The number of carbonyl (C=O) groups excluding carboxylic acids is 2. The first kappa shape index (κ1) is 17.0. The van der Waals surface area contributed by atoms with Crippen LogP contribution in [-0.2, 0) is 4.79 Å². The molecule has 0 aliphatic carbocycles. The number of hydrogen-bond acceptors (Lipinski definition) is 6. The summed E-state index contributed by atoms with van der Waals surface area (Å²) in [4.78, 5) is 23.9. The number of hydrogen-bond donors (Lipinski definition) is 1. The maximum atomic E-state index is 12.5. The number of nitrogens with one attached hydrogen (secondary N) is 1. The molecule has 0 aromatic heterocycles. The van der Waals surface area contributed by atoms with Crippen molar-refractivity contribution in [3.8, 4) is 23.0 Å². The van der Waals surface area contributed by atoms with Crippen molar-refractivity contribution in [2.24, 2.45) is 0 Å². The van der Waals surface area contributed by atoms with E-state index in [-0.39, 0.29) is 18.3 Å². The smallest absolute Gasteiger partial charge is 0.262 e. The minimum atomic E-state index is -0.244. The van der Waals surface area contributed by atoms with Crippen LogP contribution in [0.25, 0.3) is 6.08 Å². The second kappa shape index (κ2) is 7.03. The number of fused-ring (bicyclic) bond motifs is 2. The van der Waals surface area contributed by atoms with Gasteiger partial charge in [0.1, 0.15) is 19.0 Å². The predicted octanol–water partition coefficient (Wildman–Crippen LogP) is 2.69. The zero-order valence-electron chi connectivity index (χ0n) is 14.6. The average Bonchev–Trinajstić information content (AvgIpc) is 2.70. The SMILES string of the molecule is COc1cc(/C=C/C(=O)c2ccc3c(c2)NC(=O)CO3)cc2c1OCCO2. The minimum absolute atomic E-state index is 0.0217. The lowest BCUT2D eigenvalue weighted by atomic mass is 10.1. The maximum Gasteiger partial charge on any atom is 0.262 e. The van der Waals surface area contributed by atoms with Crippen LogP contribution in [0.3, 0.4) is 0 Å². The lowest BCUT2D eigenvalue weighted by Crippen LogP contribution is -2.25. The van der Waals surface area contributed by atoms with Crippen molar-refractivity contribution in [2.75, 3.05) is 32.2 Å². The summed E-state index contributed by atoms with van der Waals surface area (Å²) in [7, 11) is 1.55. The summed E-state index contributed by atoms with van der Waals surface area (Å²) in [6.45, 7) is 0.910. The number of amides is 1. The van der Waals surface area contributed by atoms with Gasteiger partial charge in [0.2, 0.25) is 5.75 Å². The molecule has 0 saturated carbocycles. The Morgan fingerprint density at radius 2 is 1.96 bits per heavy atom. The zero-order chi connectivity index (χ0) is 18.8. The Labute approximate surface area is 155 Å². The van der Waals surface area contributed by atoms with Crippen molar-refractivity contribution < 1.29 is 28.5 Å². The lowest BCUT2D eigenvalue weighted by Gasteiger charge is -2.20. The van der Waals surface area contributed by atoms with E-state index >= 15 is 0 Å². The van der Waals surface area contributed by atoms with Crippen molar-refractivity contribution in [2.45, 2.75) is 0 Å². The summed E-state index contributed by atoms with van der Waals surface area (Å²) in [5, 5.41) is 2.69. The molecule has 2 heterocycles. The van der Waals surface area contributed by atoms with E-state index in [0.29, 0.717) is 47.5 Å². The van der Waals surface area contributed by atoms with Crippen molar-refractivity contribution in [1.82, 2.24) is 0 Å². The van der Waals surface area contributed by atoms with Crippen LogP contribution in [0.1, 0.15) is 15.9 Å². The fraction of sp³-hybridized carbons (Fsp3) is 0.200. The number of methoxy groups -OCH3 is 1. The highest BCUT2D eigenvalue weighted by Crippen LogP contribution is 2.40. The van der Waals surface area contributed by atoms with Gasteiger partial charge in [-0.05, 0) is 42.0 Å². The van der Waals surface area contributed by atoms with Crippen LogP contribution in [0.2, 0.25) is 0 Å². The molecule has 0 fully saturated rings. The Bertz CT molecular complexity index is 932. The van der Waals surface area contributed by atoms with Crippen molar-refractivity contribution >= 4 is 23.5 Å². The maximum absolute atomic E-state index is 12.5. The molecule has 0 bridgehead atoms. The lowest BCUT2D eigenvalue weighted by molar-refractivity contribution is -0.118. The number of carbonyl (C=O) groups is 2. The molecule has 4 rings (SSSR count).